The van der Waals surface area contributed by atoms with Crippen molar-refractivity contribution in [1.29, 1.82) is 0 Å². The highest BCUT2D eigenvalue weighted by Crippen LogP contribution is 2.31. The summed E-state index contributed by atoms with van der Waals surface area (Å²) in [5.41, 5.74) is 0.817. The fraction of sp³-hybridized carbons (Fsp3) is 0.500. The van der Waals surface area contributed by atoms with Gasteiger partial charge in [0.15, 0.2) is 5.54 Å². The van der Waals surface area contributed by atoms with E-state index >= 15 is 0 Å². The zero-order valence-corrected chi connectivity index (χ0v) is 12.5. The van der Waals surface area contributed by atoms with E-state index in [0.717, 1.165) is 11.1 Å². The fourth-order valence-electron chi connectivity index (χ4n) is 2.89. The van der Waals surface area contributed by atoms with E-state index in [4.69, 9.17) is 4.74 Å². The lowest BCUT2D eigenvalue weighted by atomic mass is 9.96. The standard InChI is InChI=1S/C16H21NO4/c1-12-4-6-13(7-5-12)10-14(18)17-9-3-8-16(17,11-21-2)15(19)20/h4-7H,3,8-11H2,1-2H3,(H,19,20). The number of benzene rings is 1. The molecule has 21 heavy (non-hydrogen) atoms. The first kappa shape index (κ1) is 15.5. The minimum Gasteiger partial charge on any atom is -0.479 e. The number of hydrogen-bond acceptors (Lipinski definition) is 3. The van der Waals surface area contributed by atoms with Crippen LogP contribution in [-0.2, 0) is 20.7 Å². The number of ether oxygens (including phenoxy) is 1. The molecule has 1 N–H and O–H groups in total. The second-order valence-corrected chi connectivity index (χ2v) is 5.58. The second kappa shape index (κ2) is 6.26. The van der Waals surface area contributed by atoms with Gasteiger partial charge in [0.2, 0.25) is 5.91 Å². The Balaban J connectivity index is 2.16. The van der Waals surface area contributed by atoms with E-state index in [1.54, 1.807) is 0 Å². The van der Waals surface area contributed by atoms with Crippen molar-refractivity contribution in [1.82, 2.24) is 4.90 Å². The predicted octanol–water partition coefficient (Wildman–Crippen LogP) is 1.63. The maximum absolute atomic E-state index is 12.5. The smallest absolute Gasteiger partial charge is 0.332 e. The van der Waals surface area contributed by atoms with Gasteiger partial charge in [-0.2, -0.15) is 0 Å². The maximum atomic E-state index is 12.5. The lowest BCUT2D eigenvalue weighted by Crippen LogP contribution is -2.56. The number of likely N-dealkylation sites (tertiary alicyclic amines) is 1. The molecule has 1 saturated heterocycles. The molecule has 1 amide bonds. The molecule has 0 radical (unpaired) electrons. The molecule has 1 aromatic rings. The maximum Gasteiger partial charge on any atom is 0.332 e. The molecule has 0 aromatic heterocycles. The number of hydrogen-bond donors (Lipinski definition) is 1. The molecule has 5 heteroatoms. The number of amides is 1. The van der Waals surface area contributed by atoms with Gasteiger partial charge in [-0.3, -0.25) is 4.79 Å². The van der Waals surface area contributed by atoms with E-state index in [2.05, 4.69) is 0 Å². The van der Waals surface area contributed by atoms with Crippen LogP contribution in [0.2, 0.25) is 0 Å². The van der Waals surface area contributed by atoms with E-state index in [0.29, 0.717) is 19.4 Å². The summed E-state index contributed by atoms with van der Waals surface area (Å²) >= 11 is 0. The molecule has 1 fully saturated rings. The molecule has 1 heterocycles. The third-order valence-corrected chi connectivity index (χ3v) is 4.05. The SMILES string of the molecule is COCC1(C(=O)O)CCCN1C(=O)Cc1ccc(C)cc1. The average molecular weight is 291 g/mol. The molecular weight excluding hydrogens is 270 g/mol. The predicted molar refractivity (Wildman–Crippen MR) is 78.1 cm³/mol. The van der Waals surface area contributed by atoms with Gasteiger partial charge in [-0.25, -0.2) is 4.79 Å². The van der Waals surface area contributed by atoms with Crippen molar-refractivity contribution >= 4 is 11.9 Å². The molecule has 1 aliphatic rings. The fourth-order valence-corrected chi connectivity index (χ4v) is 2.89. The number of methoxy groups -OCH3 is 1. The summed E-state index contributed by atoms with van der Waals surface area (Å²) in [6.45, 7) is 2.49. The topological polar surface area (TPSA) is 66.8 Å². The van der Waals surface area contributed by atoms with Crippen molar-refractivity contribution in [3.63, 3.8) is 0 Å². The molecule has 0 aliphatic carbocycles. The largest absolute Gasteiger partial charge is 0.479 e. The van der Waals surface area contributed by atoms with Crippen LogP contribution in [0.4, 0.5) is 0 Å². The summed E-state index contributed by atoms with van der Waals surface area (Å²) < 4.78 is 5.06. The van der Waals surface area contributed by atoms with E-state index in [9.17, 15) is 14.7 Å². The van der Waals surface area contributed by atoms with Crippen LogP contribution in [0.25, 0.3) is 0 Å². The molecule has 1 aliphatic heterocycles. The number of aryl methyl sites for hydroxylation is 1. The molecule has 114 valence electrons. The third-order valence-electron chi connectivity index (χ3n) is 4.05. The zero-order valence-electron chi connectivity index (χ0n) is 12.5. The van der Waals surface area contributed by atoms with Gasteiger partial charge in [-0.1, -0.05) is 29.8 Å². The van der Waals surface area contributed by atoms with Gasteiger partial charge in [0, 0.05) is 13.7 Å². The Labute approximate surface area is 124 Å². The molecule has 0 saturated carbocycles. The quantitative estimate of drug-likeness (QED) is 0.895. The molecule has 1 unspecified atom stereocenters. The highest BCUT2D eigenvalue weighted by molar-refractivity contribution is 5.89. The number of carboxylic acid groups (broad SMARTS) is 1. The Morgan fingerprint density at radius 1 is 1.33 bits per heavy atom. The van der Waals surface area contributed by atoms with Crippen LogP contribution in [0.15, 0.2) is 24.3 Å². The Morgan fingerprint density at radius 2 is 2.00 bits per heavy atom. The minimum absolute atomic E-state index is 0.0297. The van der Waals surface area contributed by atoms with Gasteiger partial charge < -0.3 is 14.7 Å². The molecule has 1 aromatic carbocycles. The number of carbonyl (C=O) groups excluding carboxylic acids is 1. The van der Waals surface area contributed by atoms with Gasteiger partial charge in [0.05, 0.1) is 13.0 Å². The molecule has 0 spiro atoms. The van der Waals surface area contributed by atoms with Gasteiger partial charge in [0.25, 0.3) is 0 Å². The number of aliphatic carboxylic acids is 1. The molecule has 2 rings (SSSR count). The van der Waals surface area contributed by atoms with E-state index in [1.807, 2.05) is 31.2 Å². The van der Waals surface area contributed by atoms with Crippen LogP contribution in [0, 0.1) is 6.92 Å². The number of carboxylic acids is 1. The Bertz CT molecular complexity index is 526. The van der Waals surface area contributed by atoms with Crippen LogP contribution in [0.1, 0.15) is 24.0 Å². The van der Waals surface area contributed by atoms with Crippen LogP contribution in [-0.4, -0.2) is 47.7 Å². The summed E-state index contributed by atoms with van der Waals surface area (Å²) in [6, 6.07) is 7.71. The normalized spacial score (nSPS) is 21.5. The zero-order chi connectivity index (χ0) is 15.5. The Kier molecular flexibility index (Phi) is 4.63. The van der Waals surface area contributed by atoms with Crippen molar-refractivity contribution in [2.24, 2.45) is 0 Å². The molecule has 0 bridgehead atoms. The van der Waals surface area contributed by atoms with Crippen molar-refractivity contribution in [3.8, 4) is 0 Å². The highest BCUT2D eigenvalue weighted by atomic mass is 16.5. The van der Waals surface area contributed by atoms with E-state index in [-0.39, 0.29) is 18.9 Å². The van der Waals surface area contributed by atoms with Crippen LogP contribution >= 0.6 is 0 Å². The highest BCUT2D eigenvalue weighted by Gasteiger charge is 2.49. The molecule has 1 atom stereocenters. The van der Waals surface area contributed by atoms with Gasteiger partial charge >= 0.3 is 5.97 Å². The average Bonchev–Trinajstić information content (AvgIpc) is 2.87. The number of carbonyl (C=O) groups is 2. The summed E-state index contributed by atoms with van der Waals surface area (Å²) in [5.74, 6) is -1.14. The molecular formula is C16H21NO4. The molecule has 5 nitrogen and oxygen atoms in total. The summed E-state index contributed by atoms with van der Waals surface area (Å²) in [5, 5.41) is 9.54. The summed E-state index contributed by atoms with van der Waals surface area (Å²) in [4.78, 5) is 25.6. The second-order valence-electron chi connectivity index (χ2n) is 5.58. The lowest BCUT2D eigenvalue weighted by molar-refractivity contribution is -0.160. The number of rotatable bonds is 5. The van der Waals surface area contributed by atoms with Crippen LogP contribution < -0.4 is 0 Å². The van der Waals surface area contributed by atoms with Crippen molar-refractivity contribution < 1.29 is 19.4 Å². The van der Waals surface area contributed by atoms with Crippen molar-refractivity contribution in [2.45, 2.75) is 31.7 Å². The number of nitrogens with zero attached hydrogens (tertiary/aromatic N) is 1. The summed E-state index contributed by atoms with van der Waals surface area (Å²) in [6.07, 6.45) is 1.35. The first-order valence-electron chi connectivity index (χ1n) is 7.08. The third kappa shape index (κ3) is 3.08. The van der Waals surface area contributed by atoms with Crippen molar-refractivity contribution in [3.05, 3.63) is 35.4 Å². The lowest BCUT2D eigenvalue weighted by Gasteiger charge is -2.34. The first-order chi connectivity index (χ1) is 9.99. The van der Waals surface area contributed by atoms with Gasteiger partial charge in [0.1, 0.15) is 0 Å². The minimum atomic E-state index is -1.21. The van der Waals surface area contributed by atoms with Gasteiger partial charge in [-0.05, 0) is 25.3 Å². The Hall–Kier alpha value is -1.88. The first-order valence-corrected chi connectivity index (χ1v) is 7.08. The van der Waals surface area contributed by atoms with E-state index in [1.165, 1.54) is 12.0 Å². The van der Waals surface area contributed by atoms with Gasteiger partial charge in [-0.15, -0.1) is 0 Å². The Morgan fingerprint density at radius 3 is 2.57 bits per heavy atom. The van der Waals surface area contributed by atoms with Crippen LogP contribution in [0.3, 0.4) is 0 Å². The van der Waals surface area contributed by atoms with E-state index < -0.39 is 11.5 Å². The monoisotopic (exact) mass is 291 g/mol. The summed E-state index contributed by atoms with van der Waals surface area (Å²) in [7, 11) is 1.46. The van der Waals surface area contributed by atoms with Crippen LogP contribution in [0.5, 0.6) is 0 Å². The van der Waals surface area contributed by atoms with Crippen molar-refractivity contribution in [2.75, 3.05) is 20.3 Å².